The lowest BCUT2D eigenvalue weighted by molar-refractivity contribution is 0.623. The third kappa shape index (κ3) is 3.02. The van der Waals surface area contributed by atoms with Crippen LogP contribution in [0.1, 0.15) is 17.8 Å². The summed E-state index contributed by atoms with van der Waals surface area (Å²) in [7, 11) is 2.03. The highest BCUT2D eigenvalue weighted by Crippen LogP contribution is 2.28. The van der Waals surface area contributed by atoms with Gasteiger partial charge in [-0.2, -0.15) is 5.26 Å². The molecule has 5 heteroatoms. The van der Waals surface area contributed by atoms with E-state index in [4.69, 9.17) is 0 Å². The zero-order valence-electron chi connectivity index (χ0n) is 13.4. The van der Waals surface area contributed by atoms with Crippen LogP contribution in [-0.4, -0.2) is 28.1 Å². The molecule has 3 rings (SSSR count). The largest absolute Gasteiger partial charge is 0.373 e. The molecule has 3 aromatic rings. The zero-order valence-corrected chi connectivity index (χ0v) is 13.4. The summed E-state index contributed by atoms with van der Waals surface area (Å²) in [6.45, 7) is 3.79. The summed E-state index contributed by atoms with van der Waals surface area (Å²) in [6.07, 6.45) is 6.46. The Balaban J connectivity index is 1.81. The smallest absolute Gasteiger partial charge is 0.105 e. The van der Waals surface area contributed by atoms with Gasteiger partial charge in [0.2, 0.25) is 0 Å². The van der Waals surface area contributed by atoms with Gasteiger partial charge in [0, 0.05) is 44.1 Å². The quantitative estimate of drug-likeness (QED) is 0.726. The van der Waals surface area contributed by atoms with Crippen LogP contribution >= 0.6 is 0 Å². The van der Waals surface area contributed by atoms with Gasteiger partial charge in [-0.25, -0.2) is 4.98 Å². The van der Waals surface area contributed by atoms with E-state index in [1.54, 1.807) is 6.20 Å². The average molecular weight is 305 g/mol. The number of nitriles is 1. The molecule has 0 aliphatic carbocycles. The van der Waals surface area contributed by atoms with Gasteiger partial charge in [0.1, 0.15) is 11.9 Å². The molecule has 1 aromatic carbocycles. The molecule has 116 valence electrons. The molecular weight excluding hydrogens is 286 g/mol. The lowest BCUT2D eigenvalue weighted by Gasteiger charge is -2.22. The summed E-state index contributed by atoms with van der Waals surface area (Å²) >= 11 is 0. The highest BCUT2D eigenvalue weighted by molar-refractivity contribution is 5.94. The zero-order chi connectivity index (χ0) is 16.2. The van der Waals surface area contributed by atoms with Gasteiger partial charge >= 0.3 is 0 Å². The number of hydrogen-bond acceptors (Lipinski definition) is 4. The Bertz CT molecular complexity index is 859. The van der Waals surface area contributed by atoms with Crippen molar-refractivity contribution in [1.29, 1.82) is 5.26 Å². The van der Waals surface area contributed by atoms with Crippen LogP contribution in [0.15, 0.2) is 42.9 Å². The maximum Gasteiger partial charge on any atom is 0.105 e. The van der Waals surface area contributed by atoms with Crippen molar-refractivity contribution in [3.05, 3.63) is 54.2 Å². The SMILES string of the molecule is Cc1nccn1CCCN(C)c1c(C#N)cnc2ccccc12. The number of anilines is 1. The van der Waals surface area contributed by atoms with Gasteiger partial charge in [0.25, 0.3) is 0 Å². The summed E-state index contributed by atoms with van der Waals surface area (Å²) in [5.41, 5.74) is 2.49. The molecule has 0 N–H and O–H groups in total. The Labute approximate surface area is 135 Å². The first-order valence-corrected chi connectivity index (χ1v) is 7.67. The number of benzene rings is 1. The molecule has 0 saturated carbocycles. The monoisotopic (exact) mass is 305 g/mol. The van der Waals surface area contributed by atoms with E-state index in [2.05, 4.69) is 25.5 Å². The molecule has 0 spiro atoms. The topological polar surface area (TPSA) is 57.7 Å². The predicted octanol–water partition coefficient (Wildman–Crippen LogP) is 3.14. The van der Waals surface area contributed by atoms with Crippen molar-refractivity contribution < 1.29 is 0 Å². The molecule has 2 aromatic heterocycles. The number of imidazole rings is 1. The van der Waals surface area contributed by atoms with Crippen molar-refractivity contribution in [1.82, 2.24) is 14.5 Å². The van der Waals surface area contributed by atoms with Gasteiger partial charge in [0.15, 0.2) is 0 Å². The summed E-state index contributed by atoms with van der Waals surface area (Å²) in [6, 6.07) is 10.2. The van der Waals surface area contributed by atoms with Gasteiger partial charge in [0.05, 0.1) is 16.8 Å². The van der Waals surface area contributed by atoms with Gasteiger partial charge < -0.3 is 9.47 Å². The molecule has 0 radical (unpaired) electrons. The summed E-state index contributed by atoms with van der Waals surface area (Å²) in [5.74, 6) is 1.03. The molecule has 0 atom stereocenters. The molecule has 0 saturated heterocycles. The van der Waals surface area contributed by atoms with Gasteiger partial charge in [-0.15, -0.1) is 0 Å². The molecule has 0 amide bonds. The lowest BCUT2D eigenvalue weighted by atomic mass is 10.1. The number of pyridine rings is 1. The first-order chi connectivity index (χ1) is 11.2. The Hall–Kier alpha value is -2.87. The van der Waals surface area contributed by atoms with Crippen molar-refractivity contribution in [3.63, 3.8) is 0 Å². The Morgan fingerprint density at radius 2 is 2.09 bits per heavy atom. The van der Waals surface area contributed by atoms with Crippen LogP contribution in [0, 0.1) is 18.3 Å². The summed E-state index contributed by atoms with van der Waals surface area (Å²) < 4.78 is 2.14. The minimum Gasteiger partial charge on any atom is -0.373 e. The van der Waals surface area contributed by atoms with E-state index in [1.165, 1.54) is 0 Å². The van der Waals surface area contributed by atoms with E-state index < -0.39 is 0 Å². The van der Waals surface area contributed by atoms with Crippen LogP contribution in [-0.2, 0) is 6.54 Å². The number of fused-ring (bicyclic) bond motifs is 1. The van der Waals surface area contributed by atoms with E-state index in [1.807, 2.05) is 50.6 Å². The normalized spacial score (nSPS) is 10.7. The van der Waals surface area contributed by atoms with Gasteiger partial charge in [-0.3, -0.25) is 4.98 Å². The lowest BCUT2D eigenvalue weighted by Crippen LogP contribution is -2.21. The summed E-state index contributed by atoms with van der Waals surface area (Å²) in [5, 5.41) is 10.4. The standard InChI is InChI=1S/C18H19N5/c1-14-20-8-11-23(14)10-5-9-22(2)18-15(12-19)13-21-17-7-4-3-6-16(17)18/h3-4,6-8,11,13H,5,9-10H2,1-2H3. The van der Waals surface area contributed by atoms with E-state index >= 15 is 0 Å². The van der Waals surface area contributed by atoms with Crippen molar-refractivity contribution >= 4 is 16.6 Å². The Kier molecular flexibility index (Phi) is 4.24. The second-order valence-corrected chi connectivity index (χ2v) is 5.59. The van der Waals surface area contributed by atoms with E-state index in [9.17, 15) is 5.26 Å². The number of hydrogen-bond donors (Lipinski definition) is 0. The molecule has 23 heavy (non-hydrogen) atoms. The second-order valence-electron chi connectivity index (χ2n) is 5.59. The molecule has 5 nitrogen and oxygen atoms in total. The predicted molar refractivity (Wildman–Crippen MR) is 91.3 cm³/mol. The first kappa shape index (κ1) is 15.0. The maximum absolute atomic E-state index is 9.41. The van der Waals surface area contributed by atoms with Crippen LogP contribution in [0.4, 0.5) is 5.69 Å². The average Bonchev–Trinajstić information content (AvgIpc) is 2.98. The van der Waals surface area contributed by atoms with Gasteiger partial charge in [-0.1, -0.05) is 18.2 Å². The minimum absolute atomic E-state index is 0.616. The fourth-order valence-corrected chi connectivity index (χ4v) is 2.85. The number of aryl methyl sites for hydroxylation is 2. The fraction of sp³-hybridized carbons (Fsp3) is 0.278. The molecule has 0 bridgehead atoms. The van der Waals surface area contributed by atoms with Crippen LogP contribution in [0.5, 0.6) is 0 Å². The van der Waals surface area contributed by atoms with Crippen LogP contribution < -0.4 is 4.90 Å². The van der Waals surface area contributed by atoms with Crippen molar-refractivity contribution in [2.45, 2.75) is 19.9 Å². The highest BCUT2D eigenvalue weighted by atomic mass is 15.1. The fourth-order valence-electron chi connectivity index (χ4n) is 2.85. The minimum atomic E-state index is 0.616. The van der Waals surface area contributed by atoms with E-state index in [0.29, 0.717) is 5.56 Å². The van der Waals surface area contributed by atoms with Crippen molar-refractivity contribution in [3.8, 4) is 6.07 Å². The maximum atomic E-state index is 9.41. The molecule has 0 aliphatic heterocycles. The highest BCUT2D eigenvalue weighted by Gasteiger charge is 2.12. The Morgan fingerprint density at radius 1 is 1.26 bits per heavy atom. The van der Waals surface area contributed by atoms with Crippen molar-refractivity contribution in [2.75, 3.05) is 18.5 Å². The van der Waals surface area contributed by atoms with Crippen LogP contribution in [0.25, 0.3) is 10.9 Å². The number of para-hydroxylation sites is 1. The van der Waals surface area contributed by atoms with E-state index in [0.717, 1.165) is 41.9 Å². The number of aromatic nitrogens is 3. The third-order valence-electron chi connectivity index (χ3n) is 4.07. The number of rotatable bonds is 5. The van der Waals surface area contributed by atoms with Crippen LogP contribution in [0.2, 0.25) is 0 Å². The molecular formula is C18H19N5. The van der Waals surface area contributed by atoms with E-state index in [-0.39, 0.29) is 0 Å². The Morgan fingerprint density at radius 3 is 2.83 bits per heavy atom. The van der Waals surface area contributed by atoms with Crippen LogP contribution in [0.3, 0.4) is 0 Å². The molecule has 0 aliphatic rings. The molecule has 0 fully saturated rings. The molecule has 2 heterocycles. The third-order valence-corrected chi connectivity index (χ3v) is 4.07. The second kappa shape index (κ2) is 6.49. The van der Waals surface area contributed by atoms with Gasteiger partial charge in [-0.05, 0) is 19.4 Å². The number of nitrogens with zero attached hydrogens (tertiary/aromatic N) is 5. The first-order valence-electron chi connectivity index (χ1n) is 7.67. The van der Waals surface area contributed by atoms with Crippen molar-refractivity contribution in [2.24, 2.45) is 0 Å². The molecule has 0 unspecified atom stereocenters. The summed E-state index contributed by atoms with van der Waals surface area (Å²) in [4.78, 5) is 10.8.